The minimum atomic E-state index is -3.17. The van der Waals surface area contributed by atoms with Crippen LogP contribution < -0.4 is 0 Å². The number of hydrogen-bond acceptors (Lipinski definition) is 1. The zero-order valence-corrected chi connectivity index (χ0v) is 4.28. The predicted octanol–water partition coefficient (Wildman–Crippen LogP) is -0.365. The van der Waals surface area contributed by atoms with Crippen molar-refractivity contribution in [3.05, 3.63) is 0 Å². The largest absolute Gasteiger partial charge is 0.718 e. The van der Waals surface area contributed by atoms with Gasteiger partial charge in [0.25, 0.3) is 0 Å². The Balaban J connectivity index is -0.0000000450. The molecule has 0 bridgehead atoms. The molecule has 0 atom stereocenters. The first-order valence-electron chi connectivity index (χ1n) is 0.695. The maximum Gasteiger partial charge on any atom is 0.718 e. The molecule has 6 heteroatoms. The molecular weight excluding hydrogens is 104 g/mol. The summed E-state index contributed by atoms with van der Waals surface area (Å²) in [7, 11) is -3.17. The average molecular weight is 107 g/mol. The van der Waals surface area contributed by atoms with E-state index in [9.17, 15) is 8.63 Å². The van der Waals surface area contributed by atoms with E-state index < -0.39 is 7.47 Å². The Morgan fingerprint density at radius 1 is 1.33 bits per heavy atom. The molecule has 1 nitrogen and oxygen atoms in total. The minimum absolute atomic E-state index is 0. The van der Waals surface area contributed by atoms with Crippen LogP contribution in [0.25, 0.3) is 0 Å². The van der Waals surface area contributed by atoms with Crippen LogP contribution in [-0.2, 0) is 0 Å². The van der Waals surface area contributed by atoms with E-state index in [0.29, 0.717) is 0 Å². The molecule has 6 heavy (non-hydrogen) atoms. The number of halogens is 2. The average Bonchev–Trinajstić information content (AvgIpc) is 0.811. The van der Waals surface area contributed by atoms with Crippen LogP contribution in [0.1, 0.15) is 0 Å². The Bertz CT molecular complexity index is 18.3. The normalized spacial score (nSPS) is 4.50. The van der Waals surface area contributed by atoms with E-state index in [2.05, 4.69) is 0 Å². The summed E-state index contributed by atoms with van der Waals surface area (Å²) in [6, 6.07) is 0. The molecule has 0 aliphatic carbocycles. The van der Waals surface area contributed by atoms with Gasteiger partial charge in [-0.05, 0) is 0 Å². The van der Waals surface area contributed by atoms with Gasteiger partial charge in [0.1, 0.15) is 0 Å². The van der Waals surface area contributed by atoms with Crippen molar-refractivity contribution in [1.29, 1.82) is 0 Å². The number of hydrogen-bond donors (Lipinski definition) is 1. The Kier molecular flexibility index (Phi) is 24.5. The Hall–Kier alpha value is 0.832. The van der Waals surface area contributed by atoms with E-state index in [1.807, 2.05) is 0 Å². The molecule has 33 valence electrons. The van der Waals surface area contributed by atoms with Crippen molar-refractivity contribution in [2.45, 2.75) is 0 Å². The summed E-state index contributed by atoms with van der Waals surface area (Å²) in [5.74, 6) is 0. The molecule has 0 aromatic heterocycles. The van der Waals surface area contributed by atoms with Crippen LogP contribution >= 0.6 is 13.5 Å². The molecule has 1 radical (unpaired) electrons. The molecule has 0 spiro atoms. The van der Waals surface area contributed by atoms with Crippen LogP contribution in [-0.4, -0.2) is 31.4 Å². The van der Waals surface area contributed by atoms with E-state index in [4.69, 9.17) is 5.02 Å². The fourth-order valence-electron chi connectivity index (χ4n) is 0. The SMILES string of the molecule is OB(F)F.S.[Li]. The van der Waals surface area contributed by atoms with Gasteiger partial charge in [-0.3, -0.25) is 8.63 Å². The summed E-state index contributed by atoms with van der Waals surface area (Å²) in [5.41, 5.74) is 0. The van der Waals surface area contributed by atoms with Gasteiger partial charge in [-0.15, -0.1) is 0 Å². The molecule has 0 unspecified atom stereocenters. The van der Waals surface area contributed by atoms with Gasteiger partial charge in [-0.1, -0.05) is 0 Å². The predicted molar refractivity (Wildman–Crippen MR) is 26.3 cm³/mol. The van der Waals surface area contributed by atoms with Crippen molar-refractivity contribution in [1.82, 2.24) is 0 Å². The maximum absolute atomic E-state index is 9.89. The molecule has 0 saturated heterocycles. The van der Waals surface area contributed by atoms with E-state index in [1.54, 1.807) is 0 Å². The van der Waals surface area contributed by atoms with Crippen LogP contribution in [0.5, 0.6) is 0 Å². The van der Waals surface area contributed by atoms with Gasteiger partial charge in [0, 0.05) is 18.9 Å². The Morgan fingerprint density at radius 3 is 1.33 bits per heavy atom. The molecule has 0 aromatic rings. The fraction of sp³-hybridized carbons (Fsp3) is 0. The molecule has 0 saturated carbocycles. The third-order valence-electron chi connectivity index (χ3n) is 0. The molecule has 0 heterocycles. The first-order chi connectivity index (χ1) is 1.73. The van der Waals surface area contributed by atoms with Gasteiger partial charge in [-0.25, -0.2) is 0 Å². The summed E-state index contributed by atoms with van der Waals surface area (Å²) < 4.78 is 19.8. The van der Waals surface area contributed by atoms with Crippen LogP contribution in [0.2, 0.25) is 0 Å². The Morgan fingerprint density at radius 2 is 1.33 bits per heavy atom. The van der Waals surface area contributed by atoms with Crippen LogP contribution in [0, 0.1) is 0 Å². The van der Waals surface area contributed by atoms with Crippen LogP contribution in [0.15, 0.2) is 0 Å². The molecule has 0 rings (SSSR count). The first kappa shape index (κ1) is 15.8. The van der Waals surface area contributed by atoms with E-state index in [1.165, 1.54) is 0 Å². The topological polar surface area (TPSA) is 20.2 Å². The van der Waals surface area contributed by atoms with E-state index in [0.717, 1.165) is 0 Å². The van der Waals surface area contributed by atoms with Crippen LogP contribution in [0.3, 0.4) is 0 Å². The summed E-state index contributed by atoms with van der Waals surface area (Å²) in [6.45, 7) is 0. The molecule has 0 aromatic carbocycles. The summed E-state index contributed by atoms with van der Waals surface area (Å²) in [5, 5.41) is 6.72. The Labute approximate surface area is 53.9 Å². The van der Waals surface area contributed by atoms with Gasteiger partial charge in [-0.2, -0.15) is 13.5 Å². The van der Waals surface area contributed by atoms with E-state index >= 15 is 0 Å². The van der Waals surface area contributed by atoms with Crippen molar-refractivity contribution in [3.63, 3.8) is 0 Å². The molecule has 0 fully saturated rings. The number of rotatable bonds is 0. The van der Waals surface area contributed by atoms with Crippen molar-refractivity contribution < 1.29 is 13.7 Å². The van der Waals surface area contributed by atoms with Gasteiger partial charge < -0.3 is 5.02 Å². The zero-order valence-electron chi connectivity index (χ0n) is 3.28. The summed E-state index contributed by atoms with van der Waals surface area (Å²) in [6.07, 6.45) is 0. The smallest absolute Gasteiger partial charge is 0.395 e. The van der Waals surface area contributed by atoms with Gasteiger partial charge >= 0.3 is 7.47 Å². The standard InChI is InChI=1S/BF2HO.Li.H2S/c2-1(3)4;;/h4H;;1H2. The van der Waals surface area contributed by atoms with Crippen molar-refractivity contribution in [2.75, 3.05) is 0 Å². The molecule has 0 aliphatic rings. The minimum Gasteiger partial charge on any atom is -0.395 e. The monoisotopic (exact) mass is 107 g/mol. The zero-order chi connectivity index (χ0) is 3.58. The summed E-state index contributed by atoms with van der Waals surface area (Å²) in [4.78, 5) is 0. The molecule has 1 N–H and O–H groups in total. The quantitative estimate of drug-likeness (QED) is 0.419. The third kappa shape index (κ3) is 102. The summed E-state index contributed by atoms with van der Waals surface area (Å²) >= 11 is 0. The van der Waals surface area contributed by atoms with Crippen molar-refractivity contribution in [2.24, 2.45) is 0 Å². The van der Waals surface area contributed by atoms with Crippen molar-refractivity contribution in [3.8, 4) is 0 Å². The van der Waals surface area contributed by atoms with E-state index in [-0.39, 0.29) is 32.4 Å². The fourth-order valence-corrected chi connectivity index (χ4v) is 0. The second-order valence-corrected chi connectivity index (χ2v) is 0.278. The third-order valence-corrected chi connectivity index (χ3v) is 0. The van der Waals surface area contributed by atoms with Gasteiger partial charge in [0.15, 0.2) is 0 Å². The van der Waals surface area contributed by atoms with Gasteiger partial charge in [0.2, 0.25) is 0 Å². The maximum atomic E-state index is 9.89. The van der Waals surface area contributed by atoms with Gasteiger partial charge in [0.05, 0.1) is 0 Å². The van der Waals surface area contributed by atoms with Crippen LogP contribution in [0.4, 0.5) is 8.63 Å². The second-order valence-electron chi connectivity index (χ2n) is 0.278. The van der Waals surface area contributed by atoms with Crippen molar-refractivity contribution >= 4 is 39.8 Å². The molecule has 0 amide bonds. The first-order valence-corrected chi connectivity index (χ1v) is 0.695. The molecule has 0 aliphatic heterocycles. The molecular formula is H3BF2LiOS. The second kappa shape index (κ2) is 9.27.